The first-order chi connectivity index (χ1) is 22.9. The van der Waals surface area contributed by atoms with Gasteiger partial charge in [-0.2, -0.15) is 9.61 Å². The Kier molecular flexibility index (Phi) is 12.3. The van der Waals surface area contributed by atoms with Gasteiger partial charge in [0.1, 0.15) is 19.3 Å². The van der Waals surface area contributed by atoms with Gasteiger partial charge in [0.05, 0.1) is 24.6 Å². The maximum atomic E-state index is 10.3. The molecule has 0 spiro atoms. The van der Waals surface area contributed by atoms with E-state index in [-0.39, 0.29) is 18.4 Å². The second kappa shape index (κ2) is 16.2. The Labute approximate surface area is 288 Å². The molecule has 1 aliphatic rings. The van der Waals surface area contributed by atoms with Gasteiger partial charge in [-0.05, 0) is 49.8 Å². The van der Waals surface area contributed by atoms with Crippen LogP contribution in [0.25, 0.3) is 28.0 Å². The minimum Gasteiger partial charge on any atom is -0.394 e. The molecule has 0 saturated heterocycles. The molecule has 1 aliphatic carbocycles. The average Bonchev–Trinajstić information content (AvgIpc) is 3.50. The molecule has 3 aromatic heterocycles. The highest BCUT2D eigenvalue weighted by atomic mass is 28.3. The van der Waals surface area contributed by atoms with E-state index in [4.69, 9.17) is 24.5 Å². The van der Waals surface area contributed by atoms with Gasteiger partial charge in [-0.15, -0.1) is 0 Å². The highest BCUT2D eigenvalue weighted by Gasteiger charge is 2.29. The summed E-state index contributed by atoms with van der Waals surface area (Å²) in [6, 6.07) is 18.7. The van der Waals surface area contributed by atoms with E-state index in [1.165, 1.54) is 0 Å². The van der Waals surface area contributed by atoms with Crippen LogP contribution in [0.5, 0.6) is 0 Å². The zero-order valence-electron chi connectivity index (χ0n) is 29.7. The fourth-order valence-corrected chi connectivity index (χ4v) is 7.67. The van der Waals surface area contributed by atoms with Crippen LogP contribution in [-0.4, -0.2) is 85.3 Å². The molecule has 0 bridgehead atoms. The molecule has 1 aromatic carbocycles. The van der Waals surface area contributed by atoms with Gasteiger partial charge in [0, 0.05) is 69.9 Å². The van der Waals surface area contributed by atoms with E-state index in [1.807, 2.05) is 35.1 Å². The van der Waals surface area contributed by atoms with Crippen molar-refractivity contribution >= 4 is 27.6 Å². The van der Waals surface area contributed by atoms with Crippen molar-refractivity contribution in [3.8, 4) is 22.4 Å². The Hall–Kier alpha value is -2.94. The van der Waals surface area contributed by atoms with E-state index in [0.29, 0.717) is 26.7 Å². The van der Waals surface area contributed by atoms with Crippen molar-refractivity contribution in [3.05, 3.63) is 66.6 Å². The molecule has 1 saturated carbocycles. The van der Waals surface area contributed by atoms with Crippen LogP contribution in [0.3, 0.4) is 0 Å². The van der Waals surface area contributed by atoms with Crippen molar-refractivity contribution in [1.82, 2.24) is 19.6 Å². The zero-order valence-corrected chi connectivity index (χ0v) is 31.7. The number of anilines is 1. The molecule has 0 amide bonds. The van der Waals surface area contributed by atoms with Gasteiger partial charge < -0.3 is 24.6 Å². The summed E-state index contributed by atoms with van der Waals surface area (Å²) in [5, 5.41) is 24.8. The first-order valence-corrected chi connectivity index (χ1v) is 24.9. The number of aliphatic hydroxyl groups is 2. The third-order valence-electron chi connectivity index (χ3n) is 9.35. The molecule has 0 unspecified atom stereocenters. The van der Waals surface area contributed by atoms with E-state index < -0.39 is 22.3 Å². The summed E-state index contributed by atoms with van der Waals surface area (Å²) < 4.78 is 14.6. The van der Waals surface area contributed by atoms with Crippen LogP contribution >= 0.6 is 0 Å². The zero-order chi connectivity index (χ0) is 34.3. The Morgan fingerprint density at radius 2 is 1.50 bits per heavy atom. The van der Waals surface area contributed by atoms with Crippen molar-refractivity contribution < 1.29 is 19.7 Å². The lowest BCUT2D eigenvalue weighted by atomic mass is 9.78. The number of pyridine rings is 1. The normalized spacial score (nSPS) is 17.9. The number of rotatable bonds is 16. The SMILES string of the molecule is C[Si](C)(C)CCOCN(COCC[Si](C)(C)C)c1cc([C@H]2CC[C@H]([C@@H](O)CO)CC2)nc2c(-c3ccc(-c4ccccc4)nc3)cnn12. The molecule has 9 nitrogen and oxygen atoms in total. The van der Waals surface area contributed by atoms with Gasteiger partial charge >= 0.3 is 0 Å². The monoisotopic (exact) mass is 689 g/mol. The third kappa shape index (κ3) is 9.83. The summed E-state index contributed by atoms with van der Waals surface area (Å²) in [6.07, 6.45) is 6.65. The van der Waals surface area contributed by atoms with Crippen molar-refractivity contribution in [2.24, 2.45) is 5.92 Å². The predicted octanol–water partition coefficient (Wildman–Crippen LogP) is 7.52. The molecule has 1 fully saturated rings. The maximum Gasteiger partial charge on any atom is 0.165 e. The van der Waals surface area contributed by atoms with E-state index in [2.05, 4.69) is 74.5 Å². The van der Waals surface area contributed by atoms with Gasteiger partial charge in [-0.1, -0.05) is 75.7 Å². The smallest absolute Gasteiger partial charge is 0.165 e. The summed E-state index contributed by atoms with van der Waals surface area (Å²) in [5.41, 5.74) is 5.67. The topological polar surface area (TPSA) is 105 Å². The molecule has 11 heteroatoms. The average molecular weight is 690 g/mol. The summed E-state index contributed by atoms with van der Waals surface area (Å²) >= 11 is 0. The summed E-state index contributed by atoms with van der Waals surface area (Å²) in [6.45, 7) is 16.2. The molecule has 1 atom stereocenters. The van der Waals surface area contributed by atoms with E-state index >= 15 is 0 Å². The minimum absolute atomic E-state index is 0.116. The van der Waals surface area contributed by atoms with Gasteiger partial charge in [0.2, 0.25) is 0 Å². The molecule has 260 valence electrons. The number of fused-ring (bicyclic) bond motifs is 1. The maximum absolute atomic E-state index is 10.3. The van der Waals surface area contributed by atoms with E-state index in [0.717, 1.165) is 77.3 Å². The molecule has 2 N–H and O–H groups in total. The standard InChI is InChI=1S/C37H55N5O4Si2/c1-47(2,3)20-18-45-26-41(27-46-19-21-48(4,5)6)36-22-34(29-12-14-30(15-13-29)35(44)25-43)40-37-32(24-39-42(36)37)31-16-17-33(38-23-31)28-10-8-7-9-11-28/h7-11,16-17,22-24,29-30,35,43-44H,12-15,18-21,25-27H2,1-6H3/t29-,30-,35-/m0/s1. The molecular weight excluding hydrogens is 635 g/mol. The van der Waals surface area contributed by atoms with Gasteiger partial charge in [-0.25, -0.2) is 4.98 Å². The lowest BCUT2D eigenvalue weighted by Gasteiger charge is -2.31. The van der Waals surface area contributed by atoms with Crippen LogP contribution in [0.2, 0.25) is 51.4 Å². The van der Waals surface area contributed by atoms with Crippen LogP contribution in [0.1, 0.15) is 37.3 Å². The molecule has 0 aliphatic heterocycles. The first-order valence-electron chi connectivity index (χ1n) is 17.5. The van der Waals surface area contributed by atoms with E-state index in [9.17, 15) is 10.2 Å². The number of hydrogen-bond acceptors (Lipinski definition) is 8. The number of ether oxygens (including phenoxy) is 2. The molecule has 3 heterocycles. The molecular formula is C37H55N5O4Si2. The van der Waals surface area contributed by atoms with Crippen molar-refractivity contribution in [3.63, 3.8) is 0 Å². The first kappa shape index (κ1) is 36.3. The van der Waals surface area contributed by atoms with Gasteiger partial charge in [0.15, 0.2) is 5.65 Å². The number of hydrogen-bond donors (Lipinski definition) is 2. The van der Waals surface area contributed by atoms with Crippen molar-refractivity contribution in [1.29, 1.82) is 0 Å². The minimum atomic E-state index is -1.25. The highest BCUT2D eigenvalue weighted by molar-refractivity contribution is 6.76. The van der Waals surface area contributed by atoms with Gasteiger partial charge in [-0.3, -0.25) is 4.98 Å². The number of aromatic nitrogens is 4. The van der Waals surface area contributed by atoms with Gasteiger partial charge in [0.25, 0.3) is 0 Å². The highest BCUT2D eigenvalue weighted by Crippen LogP contribution is 2.38. The summed E-state index contributed by atoms with van der Waals surface area (Å²) in [7, 11) is -2.50. The Morgan fingerprint density at radius 3 is 2.06 bits per heavy atom. The van der Waals surface area contributed by atoms with Crippen LogP contribution < -0.4 is 4.90 Å². The predicted molar refractivity (Wildman–Crippen MR) is 200 cm³/mol. The largest absolute Gasteiger partial charge is 0.394 e. The second-order valence-electron chi connectivity index (χ2n) is 15.7. The Balaban J connectivity index is 1.50. The van der Waals surface area contributed by atoms with Crippen LogP contribution in [0, 0.1) is 5.92 Å². The Bertz CT molecular complexity index is 1560. The summed E-state index contributed by atoms with van der Waals surface area (Å²) in [5.74, 6) is 1.25. The third-order valence-corrected chi connectivity index (χ3v) is 12.8. The number of benzene rings is 1. The Morgan fingerprint density at radius 1 is 0.854 bits per heavy atom. The van der Waals surface area contributed by atoms with Crippen LogP contribution in [-0.2, 0) is 9.47 Å². The van der Waals surface area contributed by atoms with Crippen molar-refractivity contribution in [2.75, 3.05) is 38.2 Å². The lowest BCUT2D eigenvalue weighted by molar-refractivity contribution is 0.0300. The fraction of sp³-hybridized carbons (Fsp3) is 0.541. The molecule has 4 aromatic rings. The summed E-state index contributed by atoms with van der Waals surface area (Å²) in [4.78, 5) is 12.2. The van der Waals surface area contributed by atoms with E-state index in [1.54, 1.807) is 0 Å². The second-order valence-corrected chi connectivity index (χ2v) is 27.0. The molecule has 0 radical (unpaired) electrons. The number of aliphatic hydroxyl groups excluding tert-OH is 2. The van der Waals surface area contributed by atoms with Crippen molar-refractivity contribution in [2.45, 2.75) is 89.1 Å². The fourth-order valence-electron chi connectivity index (χ4n) is 6.16. The molecule has 5 rings (SSSR count). The van der Waals surface area contributed by atoms with Crippen LogP contribution in [0.4, 0.5) is 5.82 Å². The molecule has 48 heavy (non-hydrogen) atoms. The number of nitrogens with zero attached hydrogens (tertiary/aromatic N) is 5. The van der Waals surface area contributed by atoms with Crippen LogP contribution in [0.15, 0.2) is 60.9 Å². The lowest BCUT2D eigenvalue weighted by Crippen LogP contribution is -2.33. The quantitative estimate of drug-likeness (QED) is 0.0708.